The molecule has 1 aromatic rings. The predicted molar refractivity (Wildman–Crippen MR) is 102 cm³/mol. The van der Waals surface area contributed by atoms with Crippen molar-refractivity contribution in [3.8, 4) is 12.3 Å². The van der Waals surface area contributed by atoms with Crippen molar-refractivity contribution in [1.29, 1.82) is 0 Å². The molecule has 0 amide bonds. The summed E-state index contributed by atoms with van der Waals surface area (Å²) in [6, 6.07) is 6.31. The number of terminal acetylenes is 1. The summed E-state index contributed by atoms with van der Waals surface area (Å²) in [5, 5.41) is 0.0591. The molecule has 0 saturated heterocycles. The average Bonchev–Trinajstić information content (AvgIpc) is 2.44. The molecule has 0 radical (unpaired) electrons. The first-order chi connectivity index (χ1) is 10.9. The van der Waals surface area contributed by atoms with E-state index < -0.39 is 24.4 Å². The normalized spacial score (nSPS) is 14.2. The van der Waals surface area contributed by atoms with E-state index in [1.54, 1.807) is 24.3 Å². The molecule has 0 fully saturated rings. The highest BCUT2D eigenvalue weighted by molar-refractivity contribution is 7.89. The van der Waals surface area contributed by atoms with Crippen molar-refractivity contribution in [2.45, 2.75) is 63.2 Å². The van der Waals surface area contributed by atoms with Crippen LogP contribution in [0.1, 0.15) is 32.8 Å². The second-order valence-electron chi connectivity index (χ2n) is 7.61. The Hall–Kier alpha value is -1.13. The number of hydrogen-bond donors (Lipinski definition) is 1. The van der Waals surface area contributed by atoms with Crippen LogP contribution in [0.4, 0.5) is 0 Å². The third kappa shape index (κ3) is 5.74. The molecule has 0 saturated carbocycles. The van der Waals surface area contributed by atoms with Gasteiger partial charge in [-0.05, 0) is 37.2 Å². The van der Waals surface area contributed by atoms with E-state index in [4.69, 9.17) is 10.8 Å². The van der Waals surface area contributed by atoms with E-state index in [0.29, 0.717) is 6.42 Å². The van der Waals surface area contributed by atoms with E-state index in [-0.39, 0.29) is 16.5 Å². The number of aryl methyl sites for hydroxylation is 1. The first kappa shape index (κ1) is 20.9. The number of sulfonamides is 1. The summed E-state index contributed by atoms with van der Waals surface area (Å²) in [6.07, 6.45) is 5.69. The molecule has 0 aliphatic carbocycles. The highest BCUT2D eigenvalue weighted by Crippen LogP contribution is 2.36. The van der Waals surface area contributed by atoms with E-state index in [9.17, 15) is 8.42 Å². The van der Waals surface area contributed by atoms with Gasteiger partial charge in [0.1, 0.15) is 0 Å². The first-order valence-corrected chi connectivity index (χ1v) is 12.4. The SMILES string of the molecule is C#CC[C@H](CO[Si](C)(C)C(C)(C)C)NS(=O)(=O)c1ccc(C)cc1. The van der Waals surface area contributed by atoms with Crippen LogP contribution < -0.4 is 4.72 Å². The van der Waals surface area contributed by atoms with Crippen LogP contribution in [0.2, 0.25) is 18.1 Å². The molecule has 1 N–H and O–H groups in total. The van der Waals surface area contributed by atoms with Crippen molar-refractivity contribution in [3.05, 3.63) is 29.8 Å². The molecule has 134 valence electrons. The Balaban J connectivity index is 2.86. The molecule has 0 spiro atoms. The molecule has 0 aliphatic heterocycles. The van der Waals surface area contributed by atoms with Gasteiger partial charge in [0.15, 0.2) is 8.32 Å². The van der Waals surface area contributed by atoms with Gasteiger partial charge in [0, 0.05) is 6.42 Å². The van der Waals surface area contributed by atoms with Gasteiger partial charge in [-0.25, -0.2) is 13.1 Å². The van der Waals surface area contributed by atoms with Gasteiger partial charge < -0.3 is 4.43 Å². The fourth-order valence-electron chi connectivity index (χ4n) is 1.81. The standard InChI is InChI=1S/C18H29NO3SSi/c1-8-9-16(14-22-24(6,7)18(3,4)5)19-23(20,21)17-12-10-15(2)11-13-17/h1,10-13,16,19H,9,14H2,2-7H3/t16-/m1/s1. The predicted octanol–water partition coefficient (Wildman–Crippen LogP) is 3.69. The topological polar surface area (TPSA) is 55.4 Å². The quantitative estimate of drug-likeness (QED) is 0.591. The van der Waals surface area contributed by atoms with Crippen LogP contribution in [-0.4, -0.2) is 29.4 Å². The van der Waals surface area contributed by atoms with Crippen LogP contribution in [0, 0.1) is 19.3 Å². The van der Waals surface area contributed by atoms with Crippen molar-refractivity contribution < 1.29 is 12.8 Å². The van der Waals surface area contributed by atoms with Crippen LogP contribution in [0.25, 0.3) is 0 Å². The number of nitrogens with one attached hydrogen (secondary N) is 1. The summed E-state index contributed by atoms with van der Waals surface area (Å²) in [5.41, 5.74) is 1.01. The fraction of sp³-hybridized carbons (Fsp3) is 0.556. The van der Waals surface area contributed by atoms with Gasteiger partial charge in [-0.2, -0.15) is 0 Å². The Morgan fingerprint density at radius 2 is 1.79 bits per heavy atom. The van der Waals surface area contributed by atoms with Crippen molar-refractivity contribution in [2.75, 3.05) is 6.61 Å². The minimum Gasteiger partial charge on any atom is -0.415 e. The van der Waals surface area contributed by atoms with Crippen molar-refractivity contribution in [1.82, 2.24) is 4.72 Å². The molecular formula is C18H29NO3SSi. The van der Waals surface area contributed by atoms with Gasteiger partial charge in [-0.15, -0.1) is 12.3 Å². The lowest BCUT2D eigenvalue weighted by Gasteiger charge is -2.37. The molecule has 1 rings (SSSR count). The second kappa shape index (κ2) is 7.83. The number of benzene rings is 1. The summed E-state index contributed by atoms with van der Waals surface area (Å²) < 4.78 is 33.9. The molecule has 0 aromatic heterocycles. The smallest absolute Gasteiger partial charge is 0.240 e. The van der Waals surface area contributed by atoms with Crippen LogP contribution >= 0.6 is 0 Å². The summed E-state index contributed by atoms with van der Waals surface area (Å²) in [4.78, 5) is 0.238. The van der Waals surface area contributed by atoms with Crippen molar-refractivity contribution in [2.24, 2.45) is 0 Å². The molecule has 0 bridgehead atoms. The van der Waals surface area contributed by atoms with Gasteiger partial charge in [0.2, 0.25) is 10.0 Å². The van der Waals surface area contributed by atoms with Gasteiger partial charge in [-0.3, -0.25) is 0 Å². The van der Waals surface area contributed by atoms with Crippen molar-refractivity contribution >= 4 is 18.3 Å². The molecule has 4 nitrogen and oxygen atoms in total. The number of hydrogen-bond acceptors (Lipinski definition) is 3. The lowest BCUT2D eigenvalue weighted by atomic mass is 10.2. The summed E-state index contributed by atoms with van der Waals surface area (Å²) in [7, 11) is -5.57. The van der Waals surface area contributed by atoms with Gasteiger partial charge in [-0.1, -0.05) is 38.5 Å². The van der Waals surface area contributed by atoms with E-state index in [2.05, 4.69) is 44.5 Å². The van der Waals surface area contributed by atoms with Crippen LogP contribution in [0.5, 0.6) is 0 Å². The third-order valence-corrected chi connectivity index (χ3v) is 10.5. The Bertz CT molecular complexity index is 682. The van der Waals surface area contributed by atoms with E-state index in [1.165, 1.54) is 0 Å². The molecule has 0 heterocycles. The Morgan fingerprint density at radius 1 is 1.25 bits per heavy atom. The van der Waals surface area contributed by atoms with Crippen LogP contribution in [0.3, 0.4) is 0 Å². The van der Waals surface area contributed by atoms with Crippen molar-refractivity contribution in [3.63, 3.8) is 0 Å². The van der Waals surface area contributed by atoms with E-state index >= 15 is 0 Å². The van der Waals surface area contributed by atoms with E-state index in [0.717, 1.165) is 5.56 Å². The van der Waals surface area contributed by atoms with Crippen LogP contribution in [0.15, 0.2) is 29.2 Å². The maximum Gasteiger partial charge on any atom is 0.240 e. The lowest BCUT2D eigenvalue weighted by molar-refractivity contribution is 0.256. The van der Waals surface area contributed by atoms with Crippen LogP contribution in [-0.2, 0) is 14.4 Å². The molecule has 0 aliphatic rings. The highest BCUT2D eigenvalue weighted by atomic mass is 32.2. The number of rotatable bonds is 7. The van der Waals surface area contributed by atoms with Gasteiger partial charge in [0.05, 0.1) is 17.5 Å². The molecule has 1 aromatic carbocycles. The third-order valence-electron chi connectivity index (χ3n) is 4.47. The zero-order valence-corrected chi connectivity index (χ0v) is 17.3. The fourth-order valence-corrected chi connectivity index (χ4v) is 4.08. The van der Waals surface area contributed by atoms with Gasteiger partial charge >= 0.3 is 0 Å². The largest absolute Gasteiger partial charge is 0.415 e. The summed E-state index contributed by atoms with van der Waals surface area (Å²) in [5.74, 6) is 2.53. The molecule has 6 heteroatoms. The zero-order valence-electron chi connectivity index (χ0n) is 15.5. The Morgan fingerprint density at radius 3 is 2.25 bits per heavy atom. The highest BCUT2D eigenvalue weighted by Gasteiger charge is 2.37. The maximum absolute atomic E-state index is 12.5. The molecular weight excluding hydrogens is 338 g/mol. The second-order valence-corrected chi connectivity index (χ2v) is 14.1. The van der Waals surface area contributed by atoms with E-state index in [1.807, 2.05) is 6.92 Å². The Labute approximate surface area is 148 Å². The summed E-state index contributed by atoms with van der Waals surface area (Å²) in [6.45, 7) is 12.9. The maximum atomic E-state index is 12.5. The lowest BCUT2D eigenvalue weighted by Crippen LogP contribution is -2.46. The molecule has 24 heavy (non-hydrogen) atoms. The summed E-state index contributed by atoms with van der Waals surface area (Å²) >= 11 is 0. The minimum atomic E-state index is -3.61. The zero-order chi connectivity index (χ0) is 18.6. The Kier molecular flexibility index (Phi) is 6.82. The molecule has 1 atom stereocenters. The average molecular weight is 368 g/mol. The minimum absolute atomic E-state index is 0.0591. The first-order valence-electron chi connectivity index (χ1n) is 8.05. The molecule has 0 unspecified atom stereocenters. The monoisotopic (exact) mass is 367 g/mol. The van der Waals surface area contributed by atoms with Gasteiger partial charge in [0.25, 0.3) is 0 Å².